The summed E-state index contributed by atoms with van der Waals surface area (Å²) >= 11 is 9.81. The average Bonchev–Trinajstić information content (AvgIpc) is 2.42. The van der Waals surface area contributed by atoms with Crippen molar-refractivity contribution in [3.05, 3.63) is 59.1 Å². The first-order chi connectivity index (χ1) is 8.76. The van der Waals surface area contributed by atoms with Crippen LogP contribution in [0.1, 0.15) is 12.5 Å². The Bertz CT molecular complexity index is 513. The van der Waals surface area contributed by atoms with Crippen LogP contribution in [-0.4, -0.2) is 6.54 Å². The maximum atomic E-state index is 6.37. The maximum absolute atomic E-state index is 6.37. The number of anilines is 2. The largest absolute Gasteiger partial charge is 0.341 e. The van der Waals surface area contributed by atoms with Crippen molar-refractivity contribution in [3.63, 3.8) is 0 Å². The van der Waals surface area contributed by atoms with Gasteiger partial charge >= 0.3 is 0 Å². The summed E-state index contributed by atoms with van der Waals surface area (Å²) in [5.41, 5.74) is 3.40. The van der Waals surface area contributed by atoms with Gasteiger partial charge in [-0.25, -0.2) is 0 Å². The summed E-state index contributed by atoms with van der Waals surface area (Å²) in [6.07, 6.45) is 0. The first-order valence-corrected chi connectivity index (χ1v) is 7.43. The molecule has 18 heavy (non-hydrogen) atoms. The molecule has 1 nitrogen and oxygen atoms in total. The average molecular weight is 325 g/mol. The Morgan fingerprint density at radius 3 is 2.39 bits per heavy atom. The Morgan fingerprint density at radius 1 is 1.11 bits per heavy atom. The minimum atomic E-state index is 0.789. The van der Waals surface area contributed by atoms with Crippen LogP contribution in [0.5, 0.6) is 0 Å². The molecule has 3 heteroatoms. The van der Waals surface area contributed by atoms with E-state index in [1.807, 2.05) is 24.3 Å². The van der Waals surface area contributed by atoms with E-state index < -0.39 is 0 Å². The molecule has 2 aromatic rings. The molecule has 0 amide bonds. The molecule has 0 unspecified atom stereocenters. The van der Waals surface area contributed by atoms with Crippen LogP contribution in [0.2, 0.25) is 5.02 Å². The molecule has 0 aromatic heterocycles. The lowest BCUT2D eigenvalue weighted by atomic mass is 10.2. The summed E-state index contributed by atoms with van der Waals surface area (Å²) in [5, 5.41) is 1.61. The molecular formula is C15H15BrClN. The normalized spacial score (nSPS) is 10.4. The van der Waals surface area contributed by atoms with Gasteiger partial charge in [-0.05, 0) is 36.8 Å². The Morgan fingerprint density at radius 2 is 1.83 bits per heavy atom. The summed E-state index contributed by atoms with van der Waals surface area (Å²) in [6, 6.07) is 16.5. The second-order valence-electron chi connectivity index (χ2n) is 4.00. The van der Waals surface area contributed by atoms with Crippen LogP contribution in [0.4, 0.5) is 11.4 Å². The highest BCUT2D eigenvalue weighted by Crippen LogP contribution is 2.32. The molecule has 0 fully saturated rings. The predicted octanol–water partition coefficient (Wildman–Crippen LogP) is 5.39. The van der Waals surface area contributed by atoms with E-state index in [2.05, 4.69) is 52.0 Å². The van der Waals surface area contributed by atoms with Crippen molar-refractivity contribution in [2.75, 3.05) is 11.4 Å². The number of alkyl halides is 1. The standard InChI is InChI=1S/C15H15BrClN/c1-2-18(13-6-4-3-5-7-13)15-9-8-12(11-16)10-14(15)17/h3-10H,2,11H2,1H3. The van der Waals surface area contributed by atoms with Crippen molar-refractivity contribution in [1.29, 1.82) is 0 Å². The van der Waals surface area contributed by atoms with Gasteiger partial charge in [-0.15, -0.1) is 0 Å². The van der Waals surface area contributed by atoms with Gasteiger partial charge in [0, 0.05) is 17.6 Å². The number of hydrogen-bond donors (Lipinski definition) is 0. The van der Waals surface area contributed by atoms with E-state index in [4.69, 9.17) is 11.6 Å². The Balaban J connectivity index is 2.39. The molecule has 0 bridgehead atoms. The van der Waals surface area contributed by atoms with Crippen LogP contribution < -0.4 is 4.90 Å². The molecule has 0 aliphatic carbocycles. The van der Waals surface area contributed by atoms with Crippen molar-refractivity contribution < 1.29 is 0 Å². The van der Waals surface area contributed by atoms with Crippen molar-refractivity contribution >= 4 is 38.9 Å². The third kappa shape index (κ3) is 2.88. The fourth-order valence-corrected chi connectivity index (χ4v) is 2.61. The highest BCUT2D eigenvalue weighted by atomic mass is 79.9. The fourth-order valence-electron chi connectivity index (χ4n) is 1.95. The minimum absolute atomic E-state index is 0.789. The SMILES string of the molecule is CCN(c1ccccc1)c1ccc(CBr)cc1Cl. The number of para-hydroxylation sites is 1. The van der Waals surface area contributed by atoms with Crippen LogP contribution >= 0.6 is 27.5 Å². The summed E-state index contributed by atoms with van der Waals surface area (Å²) in [7, 11) is 0. The van der Waals surface area contributed by atoms with E-state index in [1.165, 1.54) is 5.56 Å². The third-order valence-corrected chi connectivity index (χ3v) is 3.79. The Kier molecular flexibility index (Phi) is 4.67. The molecule has 0 aliphatic rings. The summed E-state index contributed by atoms with van der Waals surface area (Å²) in [4.78, 5) is 2.21. The van der Waals surface area contributed by atoms with Crippen molar-refractivity contribution in [1.82, 2.24) is 0 Å². The number of benzene rings is 2. The zero-order valence-corrected chi connectivity index (χ0v) is 12.6. The molecule has 2 aromatic carbocycles. The van der Waals surface area contributed by atoms with Gasteiger partial charge in [-0.1, -0.05) is 51.8 Å². The van der Waals surface area contributed by atoms with E-state index in [9.17, 15) is 0 Å². The molecule has 0 saturated carbocycles. The van der Waals surface area contributed by atoms with Gasteiger partial charge in [0.15, 0.2) is 0 Å². The van der Waals surface area contributed by atoms with Gasteiger partial charge in [0.25, 0.3) is 0 Å². The molecule has 0 N–H and O–H groups in total. The smallest absolute Gasteiger partial charge is 0.0646 e. The molecule has 0 atom stereocenters. The van der Waals surface area contributed by atoms with Crippen molar-refractivity contribution in [2.45, 2.75) is 12.3 Å². The Labute approximate surface area is 122 Å². The first-order valence-electron chi connectivity index (χ1n) is 5.93. The van der Waals surface area contributed by atoms with Gasteiger partial charge < -0.3 is 4.90 Å². The molecule has 94 valence electrons. The molecule has 0 saturated heterocycles. The maximum Gasteiger partial charge on any atom is 0.0646 e. The lowest BCUT2D eigenvalue weighted by Gasteiger charge is -2.24. The quantitative estimate of drug-likeness (QED) is 0.681. The molecule has 0 heterocycles. The van der Waals surface area contributed by atoms with E-state index in [1.54, 1.807) is 0 Å². The van der Waals surface area contributed by atoms with E-state index in [0.717, 1.165) is 28.3 Å². The topological polar surface area (TPSA) is 3.24 Å². The lowest BCUT2D eigenvalue weighted by Crippen LogP contribution is -2.16. The fraction of sp³-hybridized carbons (Fsp3) is 0.200. The number of hydrogen-bond acceptors (Lipinski definition) is 1. The summed E-state index contributed by atoms with van der Waals surface area (Å²) in [6.45, 7) is 3.01. The van der Waals surface area contributed by atoms with E-state index in [-0.39, 0.29) is 0 Å². The monoisotopic (exact) mass is 323 g/mol. The number of halogens is 2. The van der Waals surface area contributed by atoms with Gasteiger partial charge in [-0.2, -0.15) is 0 Å². The van der Waals surface area contributed by atoms with Crippen LogP contribution in [0.3, 0.4) is 0 Å². The van der Waals surface area contributed by atoms with Gasteiger partial charge in [-0.3, -0.25) is 0 Å². The first kappa shape index (κ1) is 13.4. The van der Waals surface area contributed by atoms with Gasteiger partial charge in [0.2, 0.25) is 0 Å². The molecule has 0 aliphatic heterocycles. The minimum Gasteiger partial charge on any atom is -0.341 e. The lowest BCUT2D eigenvalue weighted by molar-refractivity contribution is 1.02. The molecule has 0 spiro atoms. The highest BCUT2D eigenvalue weighted by Gasteiger charge is 2.10. The number of nitrogens with zero attached hydrogens (tertiary/aromatic N) is 1. The molecule has 0 radical (unpaired) electrons. The number of rotatable bonds is 4. The van der Waals surface area contributed by atoms with Crippen LogP contribution in [-0.2, 0) is 5.33 Å². The van der Waals surface area contributed by atoms with Crippen molar-refractivity contribution in [2.24, 2.45) is 0 Å². The van der Waals surface area contributed by atoms with Crippen LogP contribution in [0.25, 0.3) is 0 Å². The zero-order chi connectivity index (χ0) is 13.0. The van der Waals surface area contributed by atoms with E-state index >= 15 is 0 Å². The summed E-state index contributed by atoms with van der Waals surface area (Å²) < 4.78 is 0. The second kappa shape index (κ2) is 6.26. The van der Waals surface area contributed by atoms with Crippen molar-refractivity contribution in [3.8, 4) is 0 Å². The van der Waals surface area contributed by atoms with Gasteiger partial charge in [0.1, 0.15) is 0 Å². The Hall–Kier alpha value is -0.990. The zero-order valence-electron chi connectivity index (χ0n) is 10.2. The molecule has 2 rings (SSSR count). The second-order valence-corrected chi connectivity index (χ2v) is 4.97. The van der Waals surface area contributed by atoms with E-state index in [0.29, 0.717) is 0 Å². The molecular weight excluding hydrogens is 310 g/mol. The predicted molar refractivity (Wildman–Crippen MR) is 83.2 cm³/mol. The third-order valence-electron chi connectivity index (χ3n) is 2.84. The van der Waals surface area contributed by atoms with Gasteiger partial charge in [0.05, 0.1) is 10.7 Å². The highest BCUT2D eigenvalue weighted by molar-refractivity contribution is 9.08. The van der Waals surface area contributed by atoms with Crippen LogP contribution in [0.15, 0.2) is 48.5 Å². The summed E-state index contributed by atoms with van der Waals surface area (Å²) in [5.74, 6) is 0. The van der Waals surface area contributed by atoms with Crippen LogP contribution in [0, 0.1) is 0 Å².